The highest BCUT2D eigenvalue weighted by atomic mass is 19.1. The summed E-state index contributed by atoms with van der Waals surface area (Å²) in [5, 5.41) is 9.52. The number of benzene rings is 1. The van der Waals surface area contributed by atoms with Gasteiger partial charge in [-0.1, -0.05) is 12.8 Å². The van der Waals surface area contributed by atoms with Crippen LogP contribution in [-0.2, 0) is 20.9 Å². The second-order valence-corrected chi connectivity index (χ2v) is 10.2. The molecule has 194 valence electrons. The Labute approximate surface area is 211 Å². The number of nitrogens with zero attached hydrogens (tertiary/aromatic N) is 4. The zero-order valence-electron chi connectivity index (χ0n) is 21.8. The predicted octanol–water partition coefficient (Wildman–Crippen LogP) is 2.71. The highest BCUT2D eigenvalue weighted by molar-refractivity contribution is 5.92. The van der Waals surface area contributed by atoms with Crippen LogP contribution in [0.25, 0.3) is 5.69 Å². The van der Waals surface area contributed by atoms with E-state index in [1.807, 2.05) is 0 Å². The summed E-state index contributed by atoms with van der Waals surface area (Å²) in [5.74, 6) is -1.99. The van der Waals surface area contributed by atoms with Crippen molar-refractivity contribution < 1.29 is 24.9 Å². The molecule has 2 aromatic rings. The standard InChI is InChI=1S/C25H33FN6O4/c1-25(2,3)36-24(35)30-19(11-16-6-7-16)23(34)31-10-4-5-21(31)22(33)28-13-17-12-18(26)8-9-20(17)32-15-27-14-29-32/h8-9,12,14-16,19,21H,4-7,10-11,13H2,1-3H3,(H,28,33)(H,30,35)/t19-,21-/m0/s1/i16D. The molecule has 1 aliphatic heterocycles. The number of likely N-dealkylation sites (tertiary alicyclic amines) is 1. The van der Waals surface area contributed by atoms with Gasteiger partial charge in [0.1, 0.15) is 36.2 Å². The van der Waals surface area contributed by atoms with Crippen LogP contribution >= 0.6 is 0 Å². The first-order chi connectivity index (χ1) is 17.4. The first kappa shape index (κ1) is 24.2. The second kappa shape index (κ2) is 10.6. The molecule has 0 bridgehead atoms. The number of hydrogen-bond donors (Lipinski definition) is 2. The number of nitrogens with one attached hydrogen (secondary N) is 2. The molecule has 2 fully saturated rings. The number of alkyl carbamates (subject to hydrolysis) is 1. The van der Waals surface area contributed by atoms with Gasteiger partial charge in [-0.2, -0.15) is 5.10 Å². The maximum Gasteiger partial charge on any atom is 0.408 e. The van der Waals surface area contributed by atoms with Crippen LogP contribution in [0.3, 0.4) is 0 Å². The molecule has 10 nitrogen and oxygen atoms in total. The van der Waals surface area contributed by atoms with Crippen LogP contribution in [0, 0.1) is 11.7 Å². The molecule has 1 aromatic carbocycles. The average molecular weight is 502 g/mol. The Balaban J connectivity index is 1.44. The molecule has 2 atom stereocenters. The van der Waals surface area contributed by atoms with E-state index in [2.05, 4.69) is 20.7 Å². The van der Waals surface area contributed by atoms with Crippen molar-refractivity contribution in [1.29, 1.82) is 0 Å². The van der Waals surface area contributed by atoms with Crippen molar-refractivity contribution in [3.05, 3.63) is 42.2 Å². The summed E-state index contributed by atoms with van der Waals surface area (Å²) in [6.07, 6.45) is 4.64. The van der Waals surface area contributed by atoms with Crippen LogP contribution in [0.2, 0.25) is 0 Å². The molecule has 0 unspecified atom stereocenters. The number of halogens is 1. The van der Waals surface area contributed by atoms with E-state index in [0.29, 0.717) is 43.5 Å². The lowest BCUT2D eigenvalue weighted by Crippen LogP contribution is -2.54. The zero-order valence-corrected chi connectivity index (χ0v) is 20.8. The van der Waals surface area contributed by atoms with Crippen molar-refractivity contribution in [2.24, 2.45) is 5.89 Å². The van der Waals surface area contributed by atoms with Crippen molar-refractivity contribution in [2.45, 2.75) is 77.1 Å². The largest absolute Gasteiger partial charge is 0.444 e. The Hall–Kier alpha value is -3.50. The van der Waals surface area contributed by atoms with E-state index >= 15 is 0 Å². The van der Waals surface area contributed by atoms with Gasteiger partial charge < -0.3 is 20.3 Å². The van der Waals surface area contributed by atoms with E-state index in [0.717, 1.165) is 0 Å². The van der Waals surface area contributed by atoms with Crippen LogP contribution in [0.1, 0.15) is 59.8 Å². The summed E-state index contributed by atoms with van der Waals surface area (Å²) >= 11 is 0. The Morgan fingerprint density at radius 2 is 2.06 bits per heavy atom. The molecule has 2 aliphatic rings. The SMILES string of the molecule is [2H]C1(C[C@H](NC(=O)OC(C)(C)C)C(=O)N2CCC[C@H]2C(=O)NCc2cc(F)ccc2-n2cncn2)CC1. The summed E-state index contributed by atoms with van der Waals surface area (Å²) < 4.78 is 29.1. The van der Waals surface area contributed by atoms with Gasteiger partial charge in [0.2, 0.25) is 11.8 Å². The summed E-state index contributed by atoms with van der Waals surface area (Å²) in [7, 11) is 0. The number of carbonyl (C=O) groups excluding carboxylic acids is 3. The topological polar surface area (TPSA) is 118 Å². The minimum Gasteiger partial charge on any atom is -0.444 e. The molecule has 36 heavy (non-hydrogen) atoms. The van der Waals surface area contributed by atoms with Gasteiger partial charge in [0.05, 0.1) is 5.69 Å². The normalized spacial score (nSPS) is 19.8. The van der Waals surface area contributed by atoms with E-state index in [9.17, 15) is 18.8 Å². The van der Waals surface area contributed by atoms with Crippen molar-refractivity contribution in [2.75, 3.05) is 6.54 Å². The lowest BCUT2D eigenvalue weighted by Gasteiger charge is -2.29. The van der Waals surface area contributed by atoms with E-state index in [-0.39, 0.29) is 18.9 Å². The van der Waals surface area contributed by atoms with Gasteiger partial charge in [-0.05, 0) is 69.7 Å². The van der Waals surface area contributed by atoms with Gasteiger partial charge in [0.15, 0.2) is 0 Å². The fraction of sp³-hybridized carbons (Fsp3) is 0.560. The first-order valence-corrected chi connectivity index (χ1v) is 12.2. The summed E-state index contributed by atoms with van der Waals surface area (Å²) in [6, 6.07) is 2.47. The molecule has 11 heteroatoms. The third-order valence-electron chi connectivity index (χ3n) is 6.08. The molecule has 1 aromatic heterocycles. The highest BCUT2D eigenvalue weighted by Crippen LogP contribution is 2.34. The number of aromatic nitrogens is 3. The zero-order chi connectivity index (χ0) is 26.8. The Bertz CT molecular complexity index is 1150. The number of rotatable bonds is 8. The van der Waals surface area contributed by atoms with Crippen LogP contribution in [-0.4, -0.2) is 61.8 Å². The molecule has 1 saturated heterocycles. The van der Waals surface area contributed by atoms with Gasteiger partial charge in [0.25, 0.3) is 0 Å². The van der Waals surface area contributed by atoms with Crippen LogP contribution < -0.4 is 10.6 Å². The van der Waals surface area contributed by atoms with E-state index in [4.69, 9.17) is 6.11 Å². The number of hydrogen-bond acceptors (Lipinski definition) is 6. The molecule has 0 spiro atoms. The fourth-order valence-electron chi connectivity index (χ4n) is 4.29. The monoisotopic (exact) mass is 501 g/mol. The van der Waals surface area contributed by atoms with Gasteiger partial charge in [0, 0.05) is 14.5 Å². The second-order valence-electron chi connectivity index (χ2n) is 10.2. The maximum absolute atomic E-state index is 13.9. The smallest absolute Gasteiger partial charge is 0.408 e. The Kier molecular flexibility index (Phi) is 7.15. The fourth-order valence-corrected chi connectivity index (χ4v) is 4.29. The molecule has 1 saturated carbocycles. The maximum atomic E-state index is 13.9. The average Bonchev–Trinajstić information content (AvgIpc) is 3.23. The quantitative estimate of drug-likeness (QED) is 0.574. The molecular formula is C25H33FN6O4. The van der Waals surface area contributed by atoms with Crippen LogP contribution in [0.5, 0.6) is 0 Å². The van der Waals surface area contributed by atoms with Gasteiger partial charge in [-0.25, -0.2) is 18.9 Å². The van der Waals surface area contributed by atoms with E-state index < -0.39 is 41.4 Å². The number of amides is 3. The first-order valence-electron chi connectivity index (χ1n) is 12.7. The third kappa shape index (κ3) is 6.58. The summed E-state index contributed by atoms with van der Waals surface area (Å²) in [4.78, 5) is 44.5. The third-order valence-corrected chi connectivity index (χ3v) is 6.08. The molecule has 3 amide bonds. The minimum atomic E-state index is -0.967. The van der Waals surface area contributed by atoms with Crippen molar-refractivity contribution in [3.63, 3.8) is 0 Å². The lowest BCUT2D eigenvalue weighted by molar-refractivity contribution is -0.140. The van der Waals surface area contributed by atoms with Crippen molar-refractivity contribution in [3.8, 4) is 5.69 Å². The highest BCUT2D eigenvalue weighted by Gasteiger charge is 2.40. The number of carbonyl (C=O) groups is 3. The minimum absolute atomic E-state index is 0.0275. The predicted molar refractivity (Wildman–Crippen MR) is 128 cm³/mol. The molecule has 1 aliphatic carbocycles. The molecular weight excluding hydrogens is 467 g/mol. The Morgan fingerprint density at radius 3 is 2.72 bits per heavy atom. The summed E-state index contributed by atoms with van der Waals surface area (Å²) in [6.45, 7) is 5.57. The Morgan fingerprint density at radius 1 is 1.28 bits per heavy atom. The van der Waals surface area contributed by atoms with Gasteiger partial charge in [-0.3, -0.25) is 9.59 Å². The van der Waals surface area contributed by atoms with Gasteiger partial charge in [-0.15, -0.1) is 0 Å². The van der Waals surface area contributed by atoms with E-state index in [1.165, 1.54) is 34.4 Å². The summed E-state index contributed by atoms with van der Waals surface area (Å²) in [5.41, 5.74) is 0.336. The molecule has 2 N–H and O–H groups in total. The van der Waals surface area contributed by atoms with Crippen LogP contribution in [0.4, 0.5) is 9.18 Å². The van der Waals surface area contributed by atoms with Crippen molar-refractivity contribution in [1.82, 2.24) is 30.3 Å². The molecule has 2 heterocycles. The van der Waals surface area contributed by atoms with Crippen molar-refractivity contribution >= 4 is 17.9 Å². The van der Waals surface area contributed by atoms with Gasteiger partial charge >= 0.3 is 6.09 Å². The number of ether oxygens (including phenoxy) is 1. The van der Waals surface area contributed by atoms with Crippen LogP contribution in [0.15, 0.2) is 30.9 Å². The lowest BCUT2D eigenvalue weighted by atomic mass is 10.1. The molecule has 4 rings (SSSR count). The van der Waals surface area contributed by atoms with E-state index in [1.54, 1.807) is 26.8 Å². The molecule has 0 radical (unpaired) electrons.